The van der Waals surface area contributed by atoms with Crippen LogP contribution in [0, 0.1) is 17.8 Å². The van der Waals surface area contributed by atoms with Gasteiger partial charge in [-0.15, -0.1) is 0 Å². The summed E-state index contributed by atoms with van der Waals surface area (Å²) in [6, 6.07) is 0. The Morgan fingerprint density at radius 1 is 1.23 bits per heavy atom. The molecule has 4 bridgehead atoms. The number of ether oxygens (including phenoxy) is 1. The highest BCUT2D eigenvalue weighted by atomic mass is 32.2. The van der Waals surface area contributed by atoms with E-state index in [4.69, 9.17) is 14.1 Å². The molecule has 0 aromatic carbocycles. The van der Waals surface area contributed by atoms with Crippen molar-refractivity contribution in [3.05, 3.63) is 0 Å². The van der Waals surface area contributed by atoms with Gasteiger partial charge in [0.1, 0.15) is 5.60 Å². The van der Waals surface area contributed by atoms with Gasteiger partial charge < -0.3 is 4.74 Å². The van der Waals surface area contributed by atoms with E-state index in [9.17, 15) is 13.2 Å². The van der Waals surface area contributed by atoms with Crippen LogP contribution in [0.4, 0.5) is 0 Å². The second kappa shape index (κ2) is 5.18. The Kier molecular flexibility index (Phi) is 3.81. The van der Waals surface area contributed by atoms with Crippen LogP contribution in [0.25, 0.3) is 0 Å². The average Bonchev–Trinajstić information content (AvgIpc) is 2.32. The Labute approximate surface area is 132 Å². The second-order valence-electron chi connectivity index (χ2n) is 7.63. The van der Waals surface area contributed by atoms with Crippen LogP contribution in [-0.4, -0.2) is 25.6 Å². The van der Waals surface area contributed by atoms with Crippen molar-refractivity contribution in [2.45, 2.75) is 70.0 Å². The zero-order valence-corrected chi connectivity index (χ0v) is 14.0. The monoisotopic (exact) mass is 331 g/mol. The minimum Gasteiger partial charge on any atom is -0.459 e. The van der Waals surface area contributed by atoms with Crippen LogP contribution in [-0.2, 0) is 24.0 Å². The summed E-state index contributed by atoms with van der Waals surface area (Å²) < 4.78 is 34.1. The molecule has 0 heterocycles. The first-order chi connectivity index (χ1) is 10.1. The van der Waals surface area contributed by atoms with Crippen molar-refractivity contribution in [2.75, 3.05) is 0 Å². The van der Waals surface area contributed by atoms with Gasteiger partial charge >= 0.3 is 16.3 Å². The van der Waals surface area contributed by atoms with E-state index in [0.717, 1.165) is 25.7 Å². The van der Waals surface area contributed by atoms with Crippen LogP contribution in [0.1, 0.15) is 58.8 Å². The molecule has 0 aromatic rings. The molecule has 4 aliphatic rings. The normalized spacial score (nSPS) is 41.4. The number of esters is 1. The van der Waals surface area contributed by atoms with Crippen LogP contribution in [0.15, 0.2) is 0 Å². The quantitative estimate of drug-likeness (QED) is 0.776. The van der Waals surface area contributed by atoms with E-state index in [1.807, 2.05) is 13.8 Å². The summed E-state index contributed by atoms with van der Waals surface area (Å²) in [6.07, 6.45) is 5.29. The van der Waals surface area contributed by atoms with Crippen LogP contribution in [0.3, 0.4) is 0 Å². The summed E-state index contributed by atoms with van der Waals surface area (Å²) in [7, 11) is -4.00. The first-order valence-electron chi connectivity index (χ1n) is 8.10. The van der Waals surface area contributed by atoms with Crippen LogP contribution in [0.2, 0.25) is 0 Å². The fourth-order valence-corrected chi connectivity index (χ4v) is 5.73. The van der Waals surface area contributed by atoms with Gasteiger partial charge in [0.05, 0.1) is 11.5 Å². The van der Waals surface area contributed by atoms with Crippen molar-refractivity contribution >= 4 is 16.3 Å². The van der Waals surface area contributed by atoms with Crippen molar-refractivity contribution in [2.24, 2.45) is 22.9 Å². The van der Waals surface area contributed by atoms with Crippen LogP contribution >= 0.6 is 0 Å². The maximum atomic E-state index is 12.2. The number of carbonyl (C=O) groups is 1. The Morgan fingerprint density at radius 3 is 2.27 bits per heavy atom. The minimum atomic E-state index is -4.00. The molecule has 126 valence electrons. The van der Waals surface area contributed by atoms with E-state index < -0.39 is 21.5 Å². The van der Waals surface area contributed by atoms with Gasteiger partial charge in [-0.1, -0.05) is 13.8 Å². The third-order valence-corrected chi connectivity index (χ3v) is 6.16. The predicted molar refractivity (Wildman–Crippen MR) is 79.9 cm³/mol. The number of carbonyl (C=O) groups excluding carboxylic acids is 1. The number of nitrogens with two attached hydrogens (primary N) is 1. The van der Waals surface area contributed by atoms with Gasteiger partial charge in [-0.05, 0) is 50.4 Å². The molecule has 4 saturated carbocycles. The van der Waals surface area contributed by atoms with Crippen molar-refractivity contribution in [1.82, 2.24) is 0 Å². The molecule has 6 nitrogen and oxygen atoms in total. The molecule has 0 saturated heterocycles. The first kappa shape index (κ1) is 16.2. The van der Waals surface area contributed by atoms with Crippen molar-refractivity contribution in [3.8, 4) is 0 Å². The molecule has 4 fully saturated rings. The zero-order chi connectivity index (χ0) is 16.2. The molecule has 2 N–H and O–H groups in total. The standard InChI is InChI=1S/C15H25NO5S/c1-3-10(2)13(17)20-14-5-11-4-12(6-14)8-15(7-11,9-14)21-22(16,18)19/h10-12H,3-9H2,1-2H3,(H2,16,18,19). The van der Waals surface area contributed by atoms with Gasteiger partial charge in [-0.3, -0.25) is 8.98 Å². The fourth-order valence-electron chi connectivity index (χ4n) is 5.04. The van der Waals surface area contributed by atoms with E-state index >= 15 is 0 Å². The Hall–Kier alpha value is -0.660. The van der Waals surface area contributed by atoms with E-state index in [2.05, 4.69) is 0 Å². The van der Waals surface area contributed by atoms with Crippen molar-refractivity contribution < 1.29 is 22.1 Å². The van der Waals surface area contributed by atoms with E-state index in [1.54, 1.807) is 0 Å². The molecule has 0 radical (unpaired) electrons. The van der Waals surface area contributed by atoms with E-state index in [-0.39, 0.29) is 11.9 Å². The van der Waals surface area contributed by atoms with Gasteiger partial charge in [-0.25, -0.2) is 5.14 Å². The molecule has 0 spiro atoms. The molecule has 3 atom stereocenters. The van der Waals surface area contributed by atoms with Crippen molar-refractivity contribution in [3.63, 3.8) is 0 Å². The lowest BCUT2D eigenvalue weighted by Crippen LogP contribution is -2.62. The lowest BCUT2D eigenvalue weighted by molar-refractivity contribution is -0.215. The van der Waals surface area contributed by atoms with Gasteiger partial charge in [0.2, 0.25) is 0 Å². The largest absolute Gasteiger partial charge is 0.459 e. The summed E-state index contributed by atoms with van der Waals surface area (Å²) in [5.74, 6) is 0.388. The Bertz CT molecular complexity index is 558. The van der Waals surface area contributed by atoms with Gasteiger partial charge in [-0.2, -0.15) is 8.42 Å². The van der Waals surface area contributed by atoms with Crippen molar-refractivity contribution in [1.29, 1.82) is 0 Å². The predicted octanol–water partition coefficient (Wildman–Crippen LogP) is 1.89. The molecule has 3 unspecified atom stereocenters. The highest BCUT2D eigenvalue weighted by Gasteiger charge is 2.61. The van der Waals surface area contributed by atoms with Gasteiger partial charge in [0.15, 0.2) is 0 Å². The third kappa shape index (κ3) is 3.03. The van der Waals surface area contributed by atoms with Crippen LogP contribution in [0.5, 0.6) is 0 Å². The molecule has 0 aliphatic heterocycles. The lowest BCUT2D eigenvalue weighted by atomic mass is 9.52. The zero-order valence-electron chi connectivity index (χ0n) is 13.2. The fraction of sp³-hybridized carbons (Fsp3) is 0.933. The Balaban J connectivity index is 1.83. The molecule has 4 rings (SSSR count). The highest BCUT2D eigenvalue weighted by Crippen LogP contribution is 2.60. The maximum absolute atomic E-state index is 12.2. The molecule has 7 heteroatoms. The molecule has 0 amide bonds. The summed E-state index contributed by atoms with van der Waals surface area (Å²) in [5.41, 5.74) is -1.33. The molecule has 22 heavy (non-hydrogen) atoms. The number of rotatable bonds is 5. The number of hydrogen-bond acceptors (Lipinski definition) is 5. The van der Waals surface area contributed by atoms with Crippen LogP contribution < -0.4 is 5.14 Å². The summed E-state index contributed by atoms with van der Waals surface area (Å²) >= 11 is 0. The minimum absolute atomic E-state index is 0.136. The van der Waals surface area contributed by atoms with E-state index in [0.29, 0.717) is 31.1 Å². The summed E-state index contributed by atoms with van der Waals surface area (Å²) in [5, 5.41) is 5.11. The Morgan fingerprint density at radius 2 is 1.77 bits per heavy atom. The smallest absolute Gasteiger partial charge is 0.333 e. The SMILES string of the molecule is CCC(C)C(=O)OC12CC3CC(C1)CC(OS(N)(=O)=O)(C3)C2. The highest BCUT2D eigenvalue weighted by molar-refractivity contribution is 7.84. The third-order valence-electron chi connectivity index (χ3n) is 5.58. The van der Waals surface area contributed by atoms with Gasteiger partial charge in [0, 0.05) is 6.42 Å². The number of hydrogen-bond donors (Lipinski definition) is 1. The maximum Gasteiger partial charge on any atom is 0.333 e. The van der Waals surface area contributed by atoms with E-state index in [1.165, 1.54) is 0 Å². The topological polar surface area (TPSA) is 95.7 Å². The lowest BCUT2D eigenvalue weighted by Gasteiger charge is -2.60. The molecule has 4 aliphatic carbocycles. The molecular weight excluding hydrogens is 306 g/mol. The molecular formula is C15H25NO5S. The summed E-state index contributed by atoms with van der Waals surface area (Å²) in [6.45, 7) is 3.82. The first-order valence-corrected chi connectivity index (χ1v) is 9.58. The van der Waals surface area contributed by atoms with Gasteiger partial charge in [0.25, 0.3) is 0 Å². The summed E-state index contributed by atoms with van der Waals surface area (Å²) in [4.78, 5) is 12.2. The second-order valence-corrected chi connectivity index (χ2v) is 8.79. The molecule has 0 aromatic heterocycles. The average molecular weight is 331 g/mol.